The number of carbonyl (C=O) groups excluding carboxylic acids is 1. The van der Waals surface area contributed by atoms with Crippen molar-refractivity contribution in [2.45, 2.75) is 31.7 Å². The van der Waals surface area contributed by atoms with Gasteiger partial charge in [-0.15, -0.1) is 0 Å². The largest absolute Gasteiger partial charge is 0.480 e. The van der Waals surface area contributed by atoms with E-state index in [0.717, 1.165) is 18.4 Å². The second-order valence-electron chi connectivity index (χ2n) is 4.86. The molecule has 2 N–H and O–H groups in total. The Morgan fingerprint density at radius 1 is 1.44 bits per heavy atom. The summed E-state index contributed by atoms with van der Waals surface area (Å²) in [5.74, 6) is -1.18. The Morgan fingerprint density at radius 2 is 2.06 bits per heavy atom. The van der Waals surface area contributed by atoms with Crippen molar-refractivity contribution in [1.82, 2.24) is 10.3 Å². The van der Waals surface area contributed by atoms with Crippen LogP contribution < -0.4 is 5.32 Å². The van der Waals surface area contributed by atoms with Crippen molar-refractivity contribution in [1.29, 1.82) is 0 Å². The first-order valence-electron chi connectivity index (χ1n) is 5.95. The number of carboxylic acids is 1. The molecule has 1 unspecified atom stereocenters. The van der Waals surface area contributed by atoms with Gasteiger partial charge in [-0.3, -0.25) is 9.78 Å². The summed E-state index contributed by atoms with van der Waals surface area (Å²) in [5, 5.41) is 11.9. The molecule has 1 fully saturated rings. The number of pyridine rings is 1. The maximum Gasteiger partial charge on any atom is 0.329 e. The van der Waals surface area contributed by atoms with E-state index in [1.54, 1.807) is 31.5 Å². The molecule has 5 heteroatoms. The molecule has 1 atom stereocenters. The van der Waals surface area contributed by atoms with Crippen LogP contribution in [0.4, 0.5) is 0 Å². The zero-order valence-corrected chi connectivity index (χ0v) is 10.2. The first-order valence-corrected chi connectivity index (χ1v) is 5.95. The van der Waals surface area contributed by atoms with E-state index in [1.807, 2.05) is 0 Å². The molecule has 0 aromatic carbocycles. The molecule has 1 aromatic heterocycles. The molecule has 1 amide bonds. The molecule has 0 bridgehead atoms. The number of hydrogen-bond donors (Lipinski definition) is 2. The summed E-state index contributed by atoms with van der Waals surface area (Å²) in [7, 11) is 0. The van der Waals surface area contributed by atoms with E-state index in [9.17, 15) is 14.7 Å². The average molecular weight is 248 g/mol. The van der Waals surface area contributed by atoms with Crippen molar-refractivity contribution < 1.29 is 14.7 Å². The number of hydrogen-bond acceptors (Lipinski definition) is 3. The van der Waals surface area contributed by atoms with E-state index >= 15 is 0 Å². The van der Waals surface area contributed by atoms with Crippen molar-refractivity contribution in [3.63, 3.8) is 0 Å². The topological polar surface area (TPSA) is 79.3 Å². The van der Waals surface area contributed by atoms with Crippen LogP contribution in [0.5, 0.6) is 0 Å². The van der Waals surface area contributed by atoms with Crippen molar-refractivity contribution in [2.75, 3.05) is 0 Å². The Bertz CT molecular complexity index is 457. The van der Waals surface area contributed by atoms with Gasteiger partial charge in [0.1, 0.15) is 5.54 Å². The smallest absolute Gasteiger partial charge is 0.329 e. The molecule has 0 saturated heterocycles. The molecule has 5 nitrogen and oxygen atoms in total. The third-order valence-electron chi connectivity index (χ3n) is 3.35. The normalized spacial score (nSPS) is 17.8. The van der Waals surface area contributed by atoms with Gasteiger partial charge in [0, 0.05) is 12.4 Å². The standard InChI is InChI=1S/C13H16N2O3/c1-13(12(17)18,10-2-3-10)15-11(16)8-9-4-6-14-7-5-9/h4-7,10H,2-3,8H2,1H3,(H,15,16)(H,17,18). The molecular formula is C13H16N2O3. The van der Waals surface area contributed by atoms with Crippen LogP contribution in [0.15, 0.2) is 24.5 Å². The second-order valence-corrected chi connectivity index (χ2v) is 4.86. The first kappa shape index (κ1) is 12.5. The summed E-state index contributed by atoms with van der Waals surface area (Å²) in [4.78, 5) is 27.0. The third-order valence-corrected chi connectivity index (χ3v) is 3.35. The van der Waals surface area contributed by atoms with E-state index in [2.05, 4.69) is 10.3 Å². The number of nitrogens with zero attached hydrogens (tertiary/aromatic N) is 1. The number of nitrogens with one attached hydrogen (secondary N) is 1. The molecule has 2 rings (SSSR count). The van der Waals surface area contributed by atoms with Crippen LogP contribution >= 0.6 is 0 Å². The monoisotopic (exact) mass is 248 g/mol. The second kappa shape index (κ2) is 4.76. The molecular weight excluding hydrogens is 232 g/mol. The predicted molar refractivity (Wildman–Crippen MR) is 64.8 cm³/mol. The van der Waals surface area contributed by atoms with Gasteiger partial charge in [0.25, 0.3) is 0 Å². The van der Waals surface area contributed by atoms with Crippen LogP contribution in [0.25, 0.3) is 0 Å². The summed E-state index contributed by atoms with van der Waals surface area (Å²) in [6.07, 6.45) is 5.12. The van der Waals surface area contributed by atoms with Crippen molar-refractivity contribution in [3.8, 4) is 0 Å². The zero-order chi connectivity index (χ0) is 13.2. The SMILES string of the molecule is CC(NC(=O)Cc1ccncc1)(C(=O)O)C1CC1. The molecule has 0 aliphatic heterocycles. The molecule has 0 spiro atoms. The molecule has 1 heterocycles. The fourth-order valence-corrected chi connectivity index (χ4v) is 2.01. The highest BCUT2D eigenvalue weighted by atomic mass is 16.4. The lowest BCUT2D eigenvalue weighted by atomic mass is 9.95. The molecule has 1 saturated carbocycles. The lowest BCUT2D eigenvalue weighted by Crippen LogP contribution is -2.54. The van der Waals surface area contributed by atoms with Gasteiger partial charge in [-0.05, 0) is 43.4 Å². The van der Waals surface area contributed by atoms with Crippen LogP contribution in [-0.2, 0) is 16.0 Å². The average Bonchev–Trinajstić information content (AvgIpc) is 3.13. The predicted octanol–water partition coefficient (Wildman–Crippen LogP) is 0.994. The Hall–Kier alpha value is -1.91. The molecule has 96 valence electrons. The van der Waals surface area contributed by atoms with Crippen LogP contribution in [0.1, 0.15) is 25.3 Å². The number of aliphatic carboxylic acids is 1. The Balaban J connectivity index is 2.00. The summed E-state index contributed by atoms with van der Waals surface area (Å²) in [6, 6.07) is 3.49. The fraction of sp³-hybridized carbons (Fsp3) is 0.462. The lowest BCUT2D eigenvalue weighted by molar-refractivity contribution is -0.147. The van der Waals surface area contributed by atoms with E-state index in [-0.39, 0.29) is 18.2 Å². The van der Waals surface area contributed by atoms with E-state index in [4.69, 9.17) is 0 Å². The van der Waals surface area contributed by atoms with Gasteiger partial charge in [0.2, 0.25) is 5.91 Å². The minimum absolute atomic E-state index is 0.0522. The van der Waals surface area contributed by atoms with Crippen molar-refractivity contribution in [2.24, 2.45) is 5.92 Å². The summed E-state index contributed by atoms with van der Waals surface area (Å²) < 4.78 is 0. The highest BCUT2D eigenvalue weighted by molar-refractivity contribution is 5.88. The van der Waals surface area contributed by atoms with Crippen LogP contribution in [0.2, 0.25) is 0 Å². The van der Waals surface area contributed by atoms with Gasteiger partial charge >= 0.3 is 5.97 Å². The molecule has 1 aliphatic rings. The molecule has 0 radical (unpaired) electrons. The first-order chi connectivity index (χ1) is 8.52. The van der Waals surface area contributed by atoms with E-state index in [1.165, 1.54) is 0 Å². The minimum atomic E-state index is -1.13. The quantitative estimate of drug-likeness (QED) is 0.814. The summed E-state index contributed by atoms with van der Waals surface area (Å²) in [5.41, 5.74) is -0.310. The Labute approximate surface area is 105 Å². The van der Waals surface area contributed by atoms with Gasteiger partial charge in [0.15, 0.2) is 0 Å². The Kier molecular flexibility index (Phi) is 3.32. The highest BCUT2D eigenvalue weighted by Gasteiger charge is 2.48. The molecule has 1 aromatic rings. The number of amides is 1. The fourth-order valence-electron chi connectivity index (χ4n) is 2.01. The van der Waals surface area contributed by atoms with Crippen LogP contribution in [0, 0.1) is 5.92 Å². The lowest BCUT2D eigenvalue weighted by Gasteiger charge is -2.26. The van der Waals surface area contributed by atoms with Crippen LogP contribution in [-0.4, -0.2) is 27.5 Å². The van der Waals surface area contributed by atoms with E-state index < -0.39 is 11.5 Å². The van der Waals surface area contributed by atoms with Crippen LogP contribution in [0.3, 0.4) is 0 Å². The third kappa shape index (κ3) is 2.67. The number of aromatic nitrogens is 1. The zero-order valence-electron chi connectivity index (χ0n) is 10.2. The van der Waals surface area contributed by atoms with Gasteiger partial charge in [-0.25, -0.2) is 4.79 Å². The van der Waals surface area contributed by atoms with Gasteiger partial charge in [-0.2, -0.15) is 0 Å². The highest BCUT2D eigenvalue weighted by Crippen LogP contribution is 2.39. The van der Waals surface area contributed by atoms with Gasteiger partial charge in [0.05, 0.1) is 6.42 Å². The van der Waals surface area contributed by atoms with Gasteiger partial charge in [-0.1, -0.05) is 0 Å². The summed E-state index contributed by atoms with van der Waals surface area (Å²) in [6.45, 7) is 1.58. The van der Waals surface area contributed by atoms with E-state index in [0.29, 0.717) is 0 Å². The maximum absolute atomic E-state index is 11.9. The van der Waals surface area contributed by atoms with Crippen molar-refractivity contribution >= 4 is 11.9 Å². The number of carbonyl (C=O) groups is 2. The summed E-state index contributed by atoms with van der Waals surface area (Å²) >= 11 is 0. The Morgan fingerprint density at radius 3 is 2.56 bits per heavy atom. The maximum atomic E-state index is 11.9. The molecule has 1 aliphatic carbocycles. The van der Waals surface area contributed by atoms with Gasteiger partial charge < -0.3 is 10.4 Å². The minimum Gasteiger partial charge on any atom is -0.480 e. The molecule has 18 heavy (non-hydrogen) atoms. The number of rotatable bonds is 5. The number of carboxylic acid groups (broad SMARTS) is 1. The van der Waals surface area contributed by atoms with Crippen molar-refractivity contribution in [3.05, 3.63) is 30.1 Å².